The fourth-order valence-corrected chi connectivity index (χ4v) is 3.30. The minimum absolute atomic E-state index is 0.0512. The van der Waals surface area contributed by atoms with Crippen LogP contribution in [-0.2, 0) is 11.8 Å². The number of aromatic nitrogens is 5. The first-order valence-corrected chi connectivity index (χ1v) is 10.4. The third kappa shape index (κ3) is 4.37. The summed E-state index contributed by atoms with van der Waals surface area (Å²) in [4.78, 5) is 28.9. The van der Waals surface area contributed by atoms with E-state index in [1.54, 1.807) is 25.4 Å². The molecular formula is C22H20FN7O4. The number of aryl methyl sites for hydroxylation is 1. The van der Waals surface area contributed by atoms with Crippen molar-refractivity contribution in [2.75, 3.05) is 17.7 Å². The number of hydrogen-bond acceptors (Lipinski definition) is 7. The lowest BCUT2D eigenvalue weighted by molar-refractivity contribution is -0.117. The molecule has 0 atom stereocenters. The zero-order chi connectivity index (χ0) is 23.8. The minimum atomic E-state index is -0.641. The molecule has 1 aliphatic carbocycles. The van der Waals surface area contributed by atoms with E-state index in [4.69, 9.17) is 9.47 Å². The number of halogens is 1. The molecule has 0 saturated heterocycles. The van der Waals surface area contributed by atoms with Crippen LogP contribution in [0.4, 0.5) is 15.9 Å². The molecule has 1 aromatic carbocycles. The molecule has 0 unspecified atom stereocenters. The van der Waals surface area contributed by atoms with Crippen molar-refractivity contribution in [3.63, 3.8) is 0 Å². The van der Waals surface area contributed by atoms with E-state index >= 15 is 0 Å². The van der Waals surface area contributed by atoms with Crippen molar-refractivity contribution >= 4 is 29.0 Å². The summed E-state index contributed by atoms with van der Waals surface area (Å²) >= 11 is 0. The summed E-state index contributed by atoms with van der Waals surface area (Å²) in [6.45, 7) is 0. The van der Waals surface area contributed by atoms with Gasteiger partial charge in [-0.15, -0.1) is 10.2 Å². The molecule has 2 amide bonds. The number of imidazole rings is 1. The van der Waals surface area contributed by atoms with Crippen LogP contribution in [-0.4, -0.2) is 43.3 Å². The quantitative estimate of drug-likeness (QED) is 0.430. The lowest BCUT2D eigenvalue weighted by atomic mass is 10.2. The molecule has 4 aromatic rings. The van der Waals surface area contributed by atoms with E-state index in [9.17, 15) is 14.0 Å². The van der Waals surface area contributed by atoms with Crippen molar-refractivity contribution in [1.29, 1.82) is 0 Å². The van der Waals surface area contributed by atoms with Gasteiger partial charge in [-0.05, 0) is 31.0 Å². The third-order valence-corrected chi connectivity index (χ3v) is 5.14. The van der Waals surface area contributed by atoms with E-state index < -0.39 is 11.7 Å². The number of nitrogens with one attached hydrogen (secondary N) is 2. The van der Waals surface area contributed by atoms with Crippen LogP contribution in [0.5, 0.6) is 17.5 Å². The van der Waals surface area contributed by atoms with E-state index in [0.717, 1.165) is 12.8 Å². The van der Waals surface area contributed by atoms with E-state index in [-0.39, 0.29) is 40.6 Å². The number of amides is 2. The van der Waals surface area contributed by atoms with Gasteiger partial charge in [-0.1, -0.05) is 0 Å². The van der Waals surface area contributed by atoms with Gasteiger partial charge in [0.15, 0.2) is 11.5 Å². The SMILES string of the molecule is COc1nn(C)cc1C(=O)Nc1cc(Oc2ccc3nc(NC(=O)C4CC4)cn3n2)ccc1F. The molecule has 12 heteroatoms. The topological polar surface area (TPSA) is 125 Å². The van der Waals surface area contributed by atoms with Gasteiger partial charge in [0, 0.05) is 31.3 Å². The van der Waals surface area contributed by atoms with Crippen LogP contribution in [0.25, 0.3) is 5.65 Å². The predicted octanol–water partition coefficient (Wildman–Crippen LogP) is 3.00. The Morgan fingerprint density at radius 2 is 1.94 bits per heavy atom. The van der Waals surface area contributed by atoms with Gasteiger partial charge in [0.05, 0.1) is 19.0 Å². The van der Waals surface area contributed by atoms with E-state index in [1.807, 2.05) is 0 Å². The van der Waals surface area contributed by atoms with Crippen molar-refractivity contribution in [1.82, 2.24) is 24.4 Å². The molecule has 34 heavy (non-hydrogen) atoms. The highest BCUT2D eigenvalue weighted by Crippen LogP contribution is 2.30. The van der Waals surface area contributed by atoms with Crippen LogP contribution in [0.1, 0.15) is 23.2 Å². The van der Waals surface area contributed by atoms with Crippen molar-refractivity contribution in [2.45, 2.75) is 12.8 Å². The van der Waals surface area contributed by atoms with Gasteiger partial charge in [0.1, 0.15) is 17.1 Å². The average Bonchev–Trinajstić information content (AvgIpc) is 3.48. The highest BCUT2D eigenvalue weighted by molar-refractivity contribution is 6.05. The van der Waals surface area contributed by atoms with E-state index in [0.29, 0.717) is 11.5 Å². The van der Waals surface area contributed by atoms with Gasteiger partial charge < -0.3 is 20.1 Å². The first-order chi connectivity index (χ1) is 16.4. The Hall–Kier alpha value is -4.48. The van der Waals surface area contributed by atoms with Gasteiger partial charge in [0.25, 0.3) is 5.91 Å². The number of fused-ring (bicyclic) bond motifs is 1. The number of carbonyl (C=O) groups excluding carboxylic acids is 2. The number of nitrogens with zero attached hydrogens (tertiary/aromatic N) is 5. The van der Waals surface area contributed by atoms with Crippen LogP contribution in [0, 0.1) is 11.7 Å². The molecule has 0 bridgehead atoms. The molecule has 1 saturated carbocycles. The molecule has 0 radical (unpaired) electrons. The Labute approximate surface area is 192 Å². The van der Waals surface area contributed by atoms with Crippen LogP contribution >= 0.6 is 0 Å². The van der Waals surface area contributed by atoms with Crippen LogP contribution in [0.2, 0.25) is 0 Å². The van der Waals surface area contributed by atoms with Crippen molar-refractivity contribution in [2.24, 2.45) is 13.0 Å². The maximum Gasteiger partial charge on any atom is 0.262 e. The molecule has 0 spiro atoms. The number of anilines is 2. The largest absolute Gasteiger partial charge is 0.479 e. The molecule has 174 valence electrons. The molecule has 11 nitrogen and oxygen atoms in total. The number of carbonyl (C=O) groups is 2. The Morgan fingerprint density at radius 1 is 1.12 bits per heavy atom. The van der Waals surface area contributed by atoms with Gasteiger partial charge in [-0.2, -0.15) is 0 Å². The van der Waals surface area contributed by atoms with Crippen LogP contribution in [0.3, 0.4) is 0 Å². The molecule has 3 aromatic heterocycles. The molecule has 0 aliphatic heterocycles. The highest BCUT2D eigenvalue weighted by Gasteiger charge is 2.30. The number of methoxy groups -OCH3 is 1. The van der Waals surface area contributed by atoms with Crippen molar-refractivity contribution < 1.29 is 23.5 Å². The number of benzene rings is 1. The highest BCUT2D eigenvalue weighted by atomic mass is 19.1. The zero-order valence-electron chi connectivity index (χ0n) is 18.3. The first-order valence-electron chi connectivity index (χ1n) is 10.4. The van der Waals surface area contributed by atoms with Gasteiger partial charge >= 0.3 is 0 Å². The van der Waals surface area contributed by atoms with Gasteiger partial charge in [-0.25, -0.2) is 13.9 Å². The molecule has 3 heterocycles. The smallest absolute Gasteiger partial charge is 0.262 e. The molecule has 2 N–H and O–H groups in total. The second kappa shape index (κ2) is 8.46. The average molecular weight is 465 g/mol. The minimum Gasteiger partial charge on any atom is -0.479 e. The zero-order valence-corrected chi connectivity index (χ0v) is 18.3. The summed E-state index contributed by atoms with van der Waals surface area (Å²) < 4.78 is 28.1. The van der Waals surface area contributed by atoms with E-state index in [1.165, 1.54) is 40.7 Å². The summed E-state index contributed by atoms with van der Waals surface area (Å²) in [6, 6.07) is 7.20. The summed E-state index contributed by atoms with van der Waals surface area (Å²) in [5.41, 5.74) is 0.602. The molecular weight excluding hydrogens is 445 g/mol. The number of rotatable bonds is 7. The summed E-state index contributed by atoms with van der Waals surface area (Å²) in [5.74, 6) is -0.226. The van der Waals surface area contributed by atoms with Crippen LogP contribution < -0.4 is 20.1 Å². The summed E-state index contributed by atoms with van der Waals surface area (Å²) in [5, 5.41) is 13.6. The molecule has 5 rings (SSSR count). The lowest BCUT2D eigenvalue weighted by Crippen LogP contribution is -2.13. The maximum atomic E-state index is 14.4. The second-order valence-corrected chi connectivity index (χ2v) is 7.79. The second-order valence-electron chi connectivity index (χ2n) is 7.79. The maximum absolute atomic E-state index is 14.4. The number of ether oxygens (including phenoxy) is 2. The van der Waals surface area contributed by atoms with Crippen LogP contribution in [0.15, 0.2) is 42.7 Å². The van der Waals surface area contributed by atoms with Crippen molar-refractivity contribution in [3.8, 4) is 17.5 Å². The Morgan fingerprint density at radius 3 is 2.71 bits per heavy atom. The fraction of sp³-hybridized carbons (Fsp3) is 0.227. The molecule has 1 aliphatic rings. The fourth-order valence-electron chi connectivity index (χ4n) is 3.30. The van der Waals surface area contributed by atoms with Gasteiger partial charge in [0.2, 0.25) is 17.7 Å². The third-order valence-electron chi connectivity index (χ3n) is 5.14. The van der Waals surface area contributed by atoms with E-state index in [2.05, 4.69) is 25.8 Å². The monoisotopic (exact) mass is 465 g/mol. The summed E-state index contributed by atoms with van der Waals surface area (Å²) in [6.07, 6.45) is 4.84. The Bertz CT molecular complexity index is 1410. The Kier molecular flexibility index (Phi) is 5.32. The van der Waals surface area contributed by atoms with Crippen molar-refractivity contribution in [3.05, 3.63) is 54.1 Å². The standard InChI is InChI=1S/C22H20FN7O4/c1-29-10-14(22(28-29)33-2)21(32)24-16-9-13(5-6-15(16)23)34-19-8-7-18-25-17(11-30(18)27-19)26-20(31)12-3-4-12/h5-12H,3-4H2,1-2H3,(H,24,32)(H,26,31). The molecule has 1 fully saturated rings. The summed E-state index contributed by atoms with van der Waals surface area (Å²) in [7, 11) is 3.03. The normalized spacial score (nSPS) is 13.0. The predicted molar refractivity (Wildman–Crippen MR) is 119 cm³/mol. The van der Waals surface area contributed by atoms with Gasteiger partial charge in [-0.3, -0.25) is 14.3 Å². The lowest BCUT2D eigenvalue weighted by Gasteiger charge is -2.09. The number of hydrogen-bond donors (Lipinski definition) is 2. The first kappa shape index (κ1) is 21.4. The Balaban J connectivity index is 1.32.